The average Bonchev–Trinajstić information content (AvgIpc) is 2.09. The Morgan fingerprint density at radius 1 is 1.38 bits per heavy atom. The van der Waals surface area contributed by atoms with Crippen LogP contribution in [0.15, 0.2) is 23.1 Å². The molecule has 0 heterocycles. The third-order valence-electron chi connectivity index (χ3n) is 1.71. The molecule has 0 fully saturated rings. The van der Waals surface area contributed by atoms with Crippen molar-refractivity contribution in [2.24, 2.45) is 0 Å². The van der Waals surface area contributed by atoms with Gasteiger partial charge in [0.2, 0.25) is 10.0 Å². The standard InChI is InChI=1S/C8H10ClNO2S/c1-6-5-7(3-4-8(6)9)13(11,12)10-2/h3-5,10H,1-2H3. The van der Waals surface area contributed by atoms with Gasteiger partial charge in [0.05, 0.1) is 4.90 Å². The molecule has 1 rings (SSSR count). The fraction of sp³-hybridized carbons (Fsp3) is 0.250. The molecule has 0 saturated carbocycles. The molecule has 0 atom stereocenters. The number of nitrogens with one attached hydrogen (secondary N) is 1. The number of benzene rings is 1. The topological polar surface area (TPSA) is 46.2 Å². The minimum Gasteiger partial charge on any atom is -0.214 e. The molecule has 0 aliphatic heterocycles. The summed E-state index contributed by atoms with van der Waals surface area (Å²) in [6.45, 7) is 1.76. The third-order valence-corrected chi connectivity index (χ3v) is 3.54. The summed E-state index contributed by atoms with van der Waals surface area (Å²) in [5, 5.41) is 0.565. The predicted molar refractivity (Wildman–Crippen MR) is 52.4 cm³/mol. The molecule has 1 N–H and O–H groups in total. The van der Waals surface area contributed by atoms with E-state index in [0.29, 0.717) is 5.02 Å². The lowest BCUT2D eigenvalue weighted by atomic mass is 10.2. The first-order valence-electron chi connectivity index (χ1n) is 3.67. The van der Waals surface area contributed by atoms with Gasteiger partial charge in [0.15, 0.2) is 0 Å². The van der Waals surface area contributed by atoms with Gasteiger partial charge in [-0.1, -0.05) is 11.6 Å². The Balaban J connectivity index is 3.27. The maximum atomic E-state index is 11.3. The molecular weight excluding hydrogens is 210 g/mol. The second-order valence-electron chi connectivity index (χ2n) is 2.62. The SMILES string of the molecule is CNS(=O)(=O)c1ccc(Cl)c(C)c1. The van der Waals surface area contributed by atoms with E-state index in [4.69, 9.17) is 11.6 Å². The van der Waals surface area contributed by atoms with E-state index in [2.05, 4.69) is 4.72 Å². The summed E-state index contributed by atoms with van der Waals surface area (Å²) in [4.78, 5) is 0.233. The van der Waals surface area contributed by atoms with Crippen LogP contribution in [-0.4, -0.2) is 15.5 Å². The Morgan fingerprint density at radius 2 is 2.00 bits per heavy atom. The van der Waals surface area contributed by atoms with Gasteiger partial charge in [-0.15, -0.1) is 0 Å². The number of aryl methyl sites for hydroxylation is 1. The van der Waals surface area contributed by atoms with Crippen LogP contribution < -0.4 is 4.72 Å². The molecule has 1 aromatic carbocycles. The van der Waals surface area contributed by atoms with Crippen molar-refractivity contribution in [2.75, 3.05) is 7.05 Å². The highest BCUT2D eigenvalue weighted by molar-refractivity contribution is 7.89. The molecular formula is C8H10ClNO2S. The molecule has 0 spiro atoms. The van der Waals surface area contributed by atoms with Crippen LogP contribution in [0.4, 0.5) is 0 Å². The fourth-order valence-corrected chi connectivity index (χ4v) is 1.83. The molecule has 0 bridgehead atoms. The Labute approximate surface area is 82.8 Å². The number of hydrogen-bond donors (Lipinski definition) is 1. The molecule has 0 amide bonds. The third kappa shape index (κ3) is 2.21. The zero-order chi connectivity index (χ0) is 10.1. The van der Waals surface area contributed by atoms with Crippen molar-refractivity contribution in [1.29, 1.82) is 0 Å². The number of halogens is 1. The normalized spacial score (nSPS) is 11.6. The molecule has 3 nitrogen and oxygen atoms in total. The highest BCUT2D eigenvalue weighted by atomic mass is 35.5. The summed E-state index contributed by atoms with van der Waals surface area (Å²) < 4.78 is 24.9. The Bertz CT molecular complexity index is 414. The number of hydrogen-bond acceptors (Lipinski definition) is 2. The molecule has 0 saturated heterocycles. The lowest BCUT2D eigenvalue weighted by Crippen LogP contribution is -2.18. The van der Waals surface area contributed by atoms with Crippen molar-refractivity contribution in [3.63, 3.8) is 0 Å². The zero-order valence-electron chi connectivity index (χ0n) is 7.33. The summed E-state index contributed by atoms with van der Waals surface area (Å²) in [6, 6.07) is 4.58. The maximum absolute atomic E-state index is 11.3. The quantitative estimate of drug-likeness (QED) is 0.821. The van der Waals surface area contributed by atoms with Crippen LogP contribution >= 0.6 is 11.6 Å². The van der Waals surface area contributed by atoms with Crippen molar-refractivity contribution < 1.29 is 8.42 Å². The van der Waals surface area contributed by atoms with Crippen molar-refractivity contribution >= 4 is 21.6 Å². The summed E-state index contributed by atoms with van der Waals surface area (Å²) in [6.07, 6.45) is 0. The van der Waals surface area contributed by atoms with Crippen LogP contribution in [-0.2, 0) is 10.0 Å². The van der Waals surface area contributed by atoms with Crippen LogP contribution in [0, 0.1) is 6.92 Å². The molecule has 1 aromatic rings. The highest BCUT2D eigenvalue weighted by Crippen LogP contribution is 2.18. The first-order chi connectivity index (χ1) is 5.97. The lowest BCUT2D eigenvalue weighted by Gasteiger charge is -2.03. The van der Waals surface area contributed by atoms with Gasteiger partial charge in [-0.2, -0.15) is 0 Å². The maximum Gasteiger partial charge on any atom is 0.240 e. The van der Waals surface area contributed by atoms with Crippen LogP contribution in [0.1, 0.15) is 5.56 Å². The van der Waals surface area contributed by atoms with Gasteiger partial charge in [-0.3, -0.25) is 0 Å². The highest BCUT2D eigenvalue weighted by Gasteiger charge is 2.11. The van der Waals surface area contributed by atoms with E-state index >= 15 is 0 Å². The van der Waals surface area contributed by atoms with Crippen molar-refractivity contribution in [3.8, 4) is 0 Å². The van der Waals surface area contributed by atoms with E-state index in [0.717, 1.165) is 5.56 Å². The second-order valence-corrected chi connectivity index (χ2v) is 4.91. The van der Waals surface area contributed by atoms with Gasteiger partial charge in [0, 0.05) is 5.02 Å². The molecule has 0 unspecified atom stereocenters. The van der Waals surface area contributed by atoms with Crippen LogP contribution in [0.5, 0.6) is 0 Å². The number of rotatable bonds is 2. The fourth-order valence-electron chi connectivity index (χ4n) is 0.902. The van der Waals surface area contributed by atoms with Crippen LogP contribution in [0.25, 0.3) is 0 Å². The van der Waals surface area contributed by atoms with Gasteiger partial charge >= 0.3 is 0 Å². The molecule has 0 aliphatic carbocycles. The van der Waals surface area contributed by atoms with E-state index < -0.39 is 10.0 Å². The summed E-state index contributed by atoms with van der Waals surface area (Å²) in [5.74, 6) is 0. The first-order valence-corrected chi connectivity index (χ1v) is 5.53. The molecule has 13 heavy (non-hydrogen) atoms. The van der Waals surface area contributed by atoms with Gasteiger partial charge in [-0.05, 0) is 37.7 Å². The smallest absolute Gasteiger partial charge is 0.214 e. The molecule has 5 heteroatoms. The first kappa shape index (κ1) is 10.5. The van der Waals surface area contributed by atoms with E-state index in [1.54, 1.807) is 13.0 Å². The predicted octanol–water partition coefficient (Wildman–Crippen LogP) is 1.56. The summed E-state index contributed by atoms with van der Waals surface area (Å²) in [5.41, 5.74) is 0.748. The molecule has 0 aliphatic rings. The minimum atomic E-state index is -3.35. The van der Waals surface area contributed by atoms with Crippen molar-refractivity contribution in [1.82, 2.24) is 4.72 Å². The van der Waals surface area contributed by atoms with Gasteiger partial charge < -0.3 is 0 Å². The molecule has 72 valence electrons. The molecule has 0 aromatic heterocycles. The Kier molecular flexibility index (Phi) is 2.95. The average molecular weight is 220 g/mol. The van der Waals surface area contributed by atoms with Gasteiger partial charge in [-0.25, -0.2) is 13.1 Å². The Hall–Kier alpha value is -0.580. The van der Waals surface area contributed by atoms with Crippen LogP contribution in [0.3, 0.4) is 0 Å². The monoisotopic (exact) mass is 219 g/mol. The van der Waals surface area contributed by atoms with E-state index in [1.165, 1.54) is 19.2 Å². The van der Waals surface area contributed by atoms with E-state index in [1.807, 2.05) is 0 Å². The van der Waals surface area contributed by atoms with E-state index in [-0.39, 0.29) is 4.90 Å². The van der Waals surface area contributed by atoms with Gasteiger partial charge in [0.25, 0.3) is 0 Å². The van der Waals surface area contributed by atoms with Gasteiger partial charge in [0.1, 0.15) is 0 Å². The second kappa shape index (κ2) is 3.65. The minimum absolute atomic E-state index is 0.233. The van der Waals surface area contributed by atoms with Crippen LogP contribution in [0.2, 0.25) is 5.02 Å². The van der Waals surface area contributed by atoms with Crippen molar-refractivity contribution in [2.45, 2.75) is 11.8 Å². The summed E-state index contributed by atoms with van der Waals surface area (Å²) in [7, 11) is -1.97. The van der Waals surface area contributed by atoms with Crippen molar-refractivity contribution in [3.05, 3.63) is 28.8 Å². The zero-order valence-corrected chi connectivity index (χ0v) is 8.91. The number of sulfonamides is 1. The molecule has 0 radical (unpaired) electrons. The lowest BCUT2D eigenvalue weighted by molar-refractivity contribution is 0.588. The summed E-state index contributed by atoms with van der Waals surface area (Å²) >= 11 is 5.76. The Morgan fingerprint density at radius 3 is 2.46 bits per heavy atom. The van der Waals surface area contributed by atoms with E-state index in [9.17, 15) is 8.42 Å². The largest absolute Gasteiger partial charge is 0.240 e.